The van der Waals surface area contributed by atoms with Crippen molar-refractivity contribution in [1.82, 2.24) is 15.6 Å². The Morgan fingerprint density at radius 3 is 2.50 bits per heavy atom. The van der Waals surface area contributed by atoms with Gasteiger partial charge in [-0.15, -0.1) is 0 Å². The third kappa shape index (κ3) is 5.44. The molecule has 2 N–H and O–H groups in total. The summed E-state index contributed by atoms with van der Waals surface area (Å²) in [5, 5.41) is 5.69. The van der Waals surface area contributed by atoms with Gasteiger partial charge in [0.05, 0.1) is 7.11 Å². The van der Waals surface area contributed by atoms with E-state index >= 15 is 0 Å². The zero-order valence-electron chi connectivity index (χ0n) is 12.7. The van der Waals surface area contributed by atoms with Crippen molar-refractivity contribution in [2.24, 2.45) is 0 Å². The second kappa shape index (κ2) is 8.67. The van der Waals surface area contributed by atoms with Gasteiger partial charge in [0, 0.05) is 25.5 Å². The minimum absolute atomic E-state index is 0.146. The minimum atomic E-state index is -0.146. The van der Waals surface area contributed by atoms with E-state index < -0.39 is 0 Å². The predicted molar refractivity (Wildman–Crippen MR) is 86.0 cm³/mol. The van der Waals surface area contributed by atoms with Gasteiger partial charge in [0.15, 0.2) is 0 Å². The maximum atomic E-state index is 11.7. The molecule has 1 heterocycles. The number of urea groups is 1. The molecule has 0 aliphatic rings. The average molecular weight is 299 g/mol. The van der Waals surface area contributed by atoms with Gasteiger partial charge in [-0.3, -0.25) is 4.98 Å². The topological polar surface area (TPSA) is 63.2 Å². The van der Waals surface area contributed by atoms with E-state index in [-0.39, 0.29) is 6.03 Å². The first kappa shape index (κ1) is 15.8. The lowest BCUT2D eigenvalue weighted by atomic mass is 10.1. The van der Waals surface area contributed by atoms with E-state index in [1.807, 2.05) is 42.6 Å². The molecule has 116 valence electrons. The molecule has 0 unspecified atom stereocenters. The molecule has 1 aromatic heterocycles. The Hall–Kier alpha value is -2.56. The first-order valence-electron chi connectivity index (χ1n) is 7.31. The molecule has 2 rings (SSSR count). The molecule has 0 atom stereocenters. The smallest absolute Gasteiger partial charge is 0.314 e. The third-order valence-corrected chi connectivity index (χ3v) is 3.26. The van der Waals surface area contributed by atoms with Gasteiger partial charge in [-0.1, -0.05) is 18.2 Å². The number of nitrogens with zero attached hydrogens (tertiary/aromatic N) is 1. The molecule has 2 amide bonds. The van der Waals surface area contributed by atoms with Gasteiger partial charge in [-0.25, -0.2) is 4.79 Å². The lowest BCUT2D eigenvalue weighted by Crippen LogP contribution is -2.37. The van der Waals surface area contributed by atoms with Crippen molar-refractivity contribution in [2.75, 3.05) is 20.2 Å². The SMILES string of the molecule is COc1cccc(CCNC(=O)NCCc2cccnc2)c1. The van der Waals surface area contributed by atoms with E-state index in [1.54, 1.807) is 13.3 Å². The number of hydrogen-bond acceptors (Lipinski definition) is 3. The molecule has 5 nitrogen and oxygen atoms in total. The van der Waals surface area contributed by atoms with Gasteiger partial charge < -0.3 is 15.4 Å². The number of carbonyl (C=O) groups is 1. The maximum absolute atomic E-state index is 11.7. The van der Waals surface area contributed by atoms with Crippen molar-refractivity contribution < 1.29 is 9.53 Å². The van der Waals surface area contributed by atoms with E-state index in [0.29, 0.717) is 13.1 Å². The van der Waals surface area contributed by atoms with Crippen molar-refractivity contribution in [3.8, 4) is 5.75 Å². The predicted octanol–water partition coefficient (Wildman–Crippen LogP) is 2.17. The van der Waals surface area contributed by atoms with Crippen LogP contribution in [0.15, 0.2) is 48.8 Å². The lowest BCUT2D eigenvalue weighted by Gasteiger charge is -2.08. The van der Waals surface area contributed by atoms with Gasteiger partial charge in [-0.2, -0.15) is 0 Å². The van der Waals surface area contributed by atoms with Crippen LogP contribution in [0.4, 0.5) is 4.79 Å². The molecule has 1 aromatic carbocycles. The Morgan fingerprint density at radius 2 is 1.82 bits per heavy atom. The van der Waals surface area contributed by atoms with E-state index in [9.17, 15) is 4.79 Å². The number of methoxy groups -OCH3 is 1. The summed E-state index contributed by atoms with van der Waals surface area (Å²) in [6.07, 6.45) is 5.09. The summed E-state index contributed by atoms with van der Waals surface area (Å²) in [7, 11) is 1.65. The number of nitrogens with one attached hydrogen (secondary N) is 2. The van der Waals surface area contributed by atoms with Crippen LogP contribution in [-0.4, -0.2) is 31.2 Å². The molecule has 0 spiro atoms. The number of amides is 2. The molecule has 0 saturated carbocycles. The first-order valence-corrected chi connectivity index (χ1v) is 7.31. The van der Waals surface area contributed by atoms with Crippen LogP contribution in [0.25, 0.3) is 0 Å². The van der Waals surface area contributed by atoms with Gasteiger partial charge >= 0.3 is 6.03 Å². The number of ether oxygens (including phenoxy) is 1. The van der Waals surface area contributed by atoms with Crippen molar-refractivity contribution in [2.45, 2.75) is 12.8 Å². The lowest BCUT2D eigenvalue weighted by molar-refractivity contribution is 0.241. The van der Waals surface area contributed by atoms with Crippen molar-refractivity contribution >= 4 is 6.03 Å². The summed E-state index contributed by atoms with van der Waals surface area (Å²) >= 11 is 0. The van der Waals surface area contributed by atoms with Gasteiger partial charge in [0.25, 0.3) is 0 Å². The molecule has 5 heteroatoms. The molecular weight excluding hydrogens is 278 g/mol. The number of carbonyl (C=O) groups excluding carboxylic acids is 1. The molecular formula is C17H21N3O2. The number of rotatable bonds is 7. The van der Waals surface area contributed by atoms with Crippen LogP contribution in [0.1, 0.15) is 11.1 Å². The molecule has 0 aliphatic heterocycles. The van der Waals surface area contributed by atoms with E-state index in [1.165, 1.54) is 0 Å². The number of aromatic nitrogens is 1. The summed E-state index contributed by atoms with van der Waals surface area (Å²) < 4.78 is 5.17. The molecule has 22 heavy (non-hydrogen) atoms. The summed E-state index contributed by atoms with van der Waals surface area (Å²) in [5.74, 6) is 0.832. The molecule has 0 saturated heterocycles. The molecule has 0 fully saturated rings. The highest BCUT2D eigenvalue weighted by Crippen LogP contribution is 2.12. The van der Waals surface area contributed by atoms with Crippen LogP contribution in [0, 0.1) is 0 Å². The Morgan fingerprint density at radius 1 is 1.09 bits per heavy atom. The van der Waals surface area contributed by atoms with Crippen LogP contribution in [-0.2, 0) is 12.8 Å². The average Bonchev–Trinajstić information content (AvgIpc) is 2.56. The highest BCUT2D eigenvalue weighted by molar-refractivity contribution is 5.73. The molecule has 0 aliphatic carbocycles. The van der Waals surface area contributed by atoms with Gasteiger partial charge in [0.2, 0.25) is 0 Å². The van der Waals surface area contributed by atoms with Crippen LogP contribution < -0.4 is 15.4 Å². The fourth-order valence-electron chi connectivity index (χ4n) is 2.08. The molecule has 0 radical (unpaired) electrons. The zero-order valence-corrected chi connectivity index (χ0v) is 12.7. The number of pyridine rings is 1. The van der Waals surface area contributed by atoms with Crippen LogP contribution in [0.2, 0.25) is 0 Å². The Labute approximate surface area is 130 Å². The standard InChI is InChI=1S/C17H21N3O2/c1-22-16-6-2-4-14(12-16)7-10-19-17(21)20-11-8-15-5-3-9-18-13-15/h2-6,9,12-13H,7-8,10-11H2,1H3,(H2,19,20,21). The molecule has 2 aromatic rings. The third-order valence-electron chi connectivity index (χ3n) is 3.26. The fourth-order valence-corrected chi connectivity index (χ4v) is 2.08. The van der Waals surface area contributed by atoms with Crippen LogP contribution in [0.3, 0.4) is 0 Å². The maximum Gasteiger partial charge on any atom is 0.314 e. The van der Waals surface area contributed by atoms with Crippen LogP contribution >= 0.6 is 0 Å². The summed E-state index contributed by atoms with van der Waals surface area (Å²) in [6.45, 7) is 1.18. The van der Waals surface area contributed by atoms with E-state index in [2.05, 4.69) is 15.6 Å². The largest absolute Gasteiger partial charge is 0.497 e. The van der Waals surface area contributed by atoms with Crippen molar-refractivity contribution in [1.29, 1.82) is 0 Å². The van der Waals surface area contributed by atoms with Gasteiger partial charge in [0.1, 0.15) is 5.75 Å². The highest BCUT2D eigenvalue weighted by Gasteiger charge is 2.01. The van der Waals surface area contributed by atoms with E-state index in [4.69, 9.17) is 4.74 Å². The fraction of sp³-hybridized carbons (Fsp3) is 0.294. The molecule has 0 bridgehead atoms. The zero-order chi connectivity index (χ0) is 15.6. The summed E-state index contributed by atoms with van der Waals surface area (Å²) in [4.78, 5) is 15.7. The number of hydrogen-bond donors (Lipinski definition) is 2. The highest BCUT2D eigenvalue weighted by atomic mass is 16.5. The van der Waals surface area contributed by atoms with Gasteiger partial charge in [-0.05, 0) is 42.2 Å². The van der Waals surface area contributed by atoms with Crippen molar-refractivity contribution in [3.63, 3.8) is 0 Å². The first-order chi connectivity index (χ1) is 10.8. The Bertz CT molecular complexity index is 587. The minimum Gasteiger partial charge on any atom is -0.497 e. The Kier molecular flexibility index (Phi) is 6.23. The van der Waals surface area contributed by atoms with Crippen LogP contribution in [0.5, 0.6) is 5.75 Å². The normalized spacial score (nSPS) is 10.0. The summed E-state index contributed by atoms with van der Waals surface area (Å²) in [5.41, 5.74) is 2.24. The van der Waals surface area contributed by atoms with Crippen molar-refractivity contribution in [3.05, 3.63) is 59.9 Å². The Balaban J connectivity index is 1.63. The quantitative estimate of drug-likeness (QED) is 0.823. The second-order valence-electron chi connectivity index (χ2n) is 4.90. The second-order valence-corrected chi connectivity index (χ2v) is 4.90. The summed E-state index contributed by atoms with van der Waals surface area (Å²) in [6, 6.07) is 11.6. The van der Waals surface area contributed by atoms with E-state index in [0.717, 1.165) is 29.7 Å². The number of benzene rings is 1. The monoisotopic (exact) mass is 299 g/mol.